The molecule has 1 N–H and O–H groups in total. The predicted molar refractivity (Wildman–Crippen MR) is 152 cm³/mol. The van der Waals surface area contributed by atoms with Crippen LogP contribution >= 0.6 is 23.2 Å². The van der Waals surface area contributed by atoms with Gasteiger partial charge in [-0.1, -0.05) is 67.4 Å². The minimum absolute atomic E-state index is 0.0401. The summed E-state index contributed by atoms with van der Waals surface area (Å²) in [6.45, 7) is 5.14. The summed E-state index contributed by atoms with van der Waals surface area (Å²) in [5, 5.41) is 3.17. The van der Waals surface area contributed by atoms with Crippen molar-refractivity contribution in [2.45, 2.75) is 38.3 Å². The molecule has 7 nitrogen and oxygen atoms in total. The Morgan fingerprint density at radius 2 is 1.51 bits per heavy atom. The van der Waals surface area contributed by atoms with Gasteiger partial charge in [-0.2, -0.15) is 0 Å². The molecule has 39 heavy (non-hydrogen) atoms. The molecule has 0 heterocycles. The molecule has 2 amide bonds. The van der Waals surface area contributed by atoms with Crippen molar-refractivity contribution in [1.82, 2.24) is 10.2 Å². The number of carbonyl (C=O) groups is 2. The van der Waals surface area contributed by atoms with Gasteiger partial charge in [0.2, 0.25) is 11.8 Å². The van der Waals surface area contributed by atoms with E-state index >= 15 is 0 Å². The first-order valence-corrected chi connectivity index (χ1v) is 14.4. The summed E-state index contributed by atoms with van der Waals surface area (Å²) in [4.78, 5) is 28.0. The maximum atomic E-state index is 13.8. The van der Waals surface area contributed by atoms with Crippen molar-refractivity contribution in [2.75, 3.05) is 17.4 Å². The van der Waals surface area contributed by atoms with Crippen LogP contribution in [0.5, 0.6) is 0 Å². The molecule has 0 saturated heterocycles. The first kappa shape index (κ1) is 30.4. The molecule has 208 valence electrons. The minimum atomic E-state index is -4.24. The lowest BCUT2D eigenvalue weighted by molar-refractivity contribution is -0.139. The number of nitrogens with zero attached hydrogens (tertiary/aromatic N) is 2. The molecule has 0 spiro atoms. The van der Waals surface area contributed by atoms with Crippen LogP contribution in [-0.2, 0) is 26.2 Å². The van der Waals surface area contributed by atoms with Gasteiger partial charge in [0.05, 0.1) is 10.6 Å². The van der Waals surface area contributed by atoms with Crippen LogP contribution in [0.4, 0.5) is 10.1 Å². The van der Waals surface area contributed by atoms with Gasteiger partial charge in [0.25, 0.3) is 10.0 Å². The Bertz CT molecular complexity index is 1380. The van der Waals surface area contributed by atoms with Crippen LogP contribution in [0.1, 0.15) is 26.3 Å². The second-order valence-electron chi connectivity index (χ2n) is 9.42. The monoisotopic (exact) mass is 593 g/mol. The van der Waals surface area contributed by atoms with Gasteiger partial charge in [0.1, 0.15) is 18.4 Å². The Morgan fingerprint density at radius 3 is 2.08 bits per heavy atom. The quantitative estimate of drug-likeness (QED) is 0.317. The zero-order valence-corrected chi connectivity index (χ0v) is 24.1. The molecular weight excluding hydrogens is 564 g/mol. The minimum Gasteiger partial charge on any atom is -0.354 e. The maximum absolute atomic E-state index is 13.8. The van der Waals surface area contributed by atoms with Crippen LogP contribution in [0.2, 0.25) is 10.0 Å². The largest absolute Gasteiger partial charge is 0.354 e. The fourth-order valence-corrected chi connectivity index (χ4v) is 5.69. The Balaban J connectivity index is 2.03. The van der Waals surface area contributed by atoms with Crippen LogP contribution in [-0.4, -0.2) is 44.3 Å². The van der Waals surface area contributed by atoms with E-state index < -0.39 is 40.2 Å². The van der Waals surface area contributed by atoms with Gasteiger partial charge in [0, 0.05) is 23.1 Å². The van der Waals surface area contributed by atoms with Gasteiger partial charge in [-0.05, 0) is 60.9 Å². The van der Waals surface area contributed by atoms with Crippen molar-refractivity contribution in [3.63, 3.8) is 0 Å². The SMILES string of the molecule is CC(C)CNC(=O)[C@@H](C)N(Cc1ccc(F)cc1)C(=O)CN(c1cc(Cl)cc(Cl)c1)S(=O)(=O)c1ccccc1. The second kappa shape index (κ2) is 13.3. The van der Waals surface area contributed by atoms with E-state index in [0.717, 1.165) is 4.31 Å². The van der Waals surface area contributed by atoms with Crippen molar-refractivity contribution in [2.24, 2.45) is 5.92 Å². The van der Waals surface area contributed by atoms with Crippen LogP contribution in [0, 0.1) is 11.7 Å². The highest BCUT2D eigenvalue weighted by molar-refractivity contribution is 7.92. The number of carbonyl (C=O) groups excluding carboxylic acids is 2. The number of benzene rings is 3. The number of anilines is 1. The van der Waals surface area contributed by atoms with Crippen molar-refractivity contribution in [3.8, 4) is 0 Å². The number of nitrogens with one attached hydrogen (secondary N) is 1. The van der Waals surface area contributed by atoms with Crippen molar-refractivity contribution in [3.05, 3.63) is 94.2 Å². The molecule has 0 aliphatic rings. The van der Waals surface area contributed by atoms with E-state index in [-0.39, 0.29) is 33.1 Å². The lowest BCUT2D eigenvalue weighted by Crippen LogP contribution is -2.51. The third-order valence-corrected chi connectivity index (χ3v) is 8.09. The number of sulfonamides is 1. The fraction of sp³-hybridized carbons (Fsp3) is 0.286. The summed E-state index contributed by atoms with van der Waals surface area (Å²) in [5.41, 5.74) is 0.653. The van der Waals surface area contributed by atoms with E-state index in [1.165, 1.54) is 59.5 Å². The lowest BCUT2D eigenvalue weighted by atomic mass is 10.1. The number of rotatable bonds is 11. The van der Waals surface area contributed by atoms with Crippen LogP contribution in [0.3, 0.4) is 0 Å². The second-order valence-corrected chi connectivity index (χ2v) is 12.2. The van der Waals surface area contributed by atoms with Gasteiger partial charge in [-0.3, -0.25) is 13.9 Å². The van der Waals surface area contributed by atoms with E-state index in [9.17, 15) is 22.4 Å². The van der Waals surface area contributed by atoms with Crippen molar-refractivity contribution >= 4 is 50.7 Å². The Hall–Kier alpha value is -3.14. The highest BCUT2D eigenvalue weighted by Gasteiger charge is 2.32. The molecule has 3 aromatic rings. The van der Waals surface area contributed by atoms with Crippen LogP contribution < -0.4 is 9.62 Å². The summed E-state index contributed by atoms with van der Waals surface area (Å²) in [6.07, 6.45) is 0. The van der Waals surface area contributed by atoms with E-state index in [0.29, 0.717) is 12.1 Å². The summed E-state index contributed by atoms with van der Waals surface area (Å²) in [7, 11) is -4.24. The molecule has 3 rings (SSSR count). The summed E-state index contributed by atoms with van der Waals surface area (Å²) in [5.74, 6) is -1.32. The highest BCUT2D eigenvalue weighted by Crippen LogP contribution is 2.30. The zero-order chi connectivity index (χ0) is 28.7. The Labute approximate surface area is 238 Å². The molecule has 0 aromatic heterocycles. The molecule has 3 aromatic carbocycles. The number of amides is 2. The van der Waals surface area contributed by atoms with E-state index in [1.54, 1.807) is 25.1 Å². The summed E-state index contributed by atoms with van der Waals surface area (Å²) in [6, 6.07) is 16.4. The summed E-state index contributed by atoms with van der Waals surface area (Å²) >= 11 is 12.4. The van der Waals surface area contributed by atoms with Crippen LogP contribution in [0.15, 0.2) is 77.7 Å². The van der Waals surface area contributed by atoms with Crippen molar-refractivity contribution in [1.29, 1.82) is 0 Å². The first-order chi connectivity index (χ1) is 18.4. The molecule has 1 atom stereocenters. The van der Waals surface area contributed by atoms with E-state index in [4.69, 9.17) is 23.2 Å². The Kier molecular flexibility index (Phi) is 10.4. The third-order valence-electron chi connectivity index (χ3n) is 5.86. The number of halogens is 3. The Morgan fingerprint density at radius 1 is 0.923 bits per heavy atom. The molecule has 11 heteroatoms. The predicted octanol–water partition coefficient (Wildman–Crippen LogP) is 5.52. The van der Waals surface area contributed by atoms with Gasteiger partial charge < -0.3 is 10.2 Å². The standard InChI is InChI=1S/C28H30Cl2FN3O4S/c1-19(2)16-32-28(36)20(3)33(17-21-9-11-24(31)12-10-21)27(35)18-34(25-14-22(29)13-23(30)15-25)39(37,38)26-7-5-4-6-8-26/h4-15,19-20H,16-18H2,1-3H3,(H,32,36)/t20-/m1/s1. The third kappa shape index (κ3) is 8.17. The van der Waals surface area contributed by atoms with Gasteiger partial charge in [0.15, 0.2) is 0 Å². The molecule has 0 aliphatic heterocycles. The summed E-state index contributed by atoms with van der Waals surface area (Å²) < 4.78 is 41.9. The van der Waals surface area contributed by atoms with E-state index in [1.807, 2.05) is 13.8 Å². The smallest absolute Gasteiger partial charge is 0.264 e. The maximum Gasteiger partial charge on any atom is 0.264 e. The molecule has 0 radical (unpaired) electrons. The molecular formula is C28H30Cl2FN3O4S. The highest BCUT2D eigenvalue weighted by atomic mass is 35.5. The lowest BCUT2D eigenvalue weighted by Gasteiger charge is -2.32. The van der Waals surface area contributed by atoms with Crippen molar-refractivity contribution < 1.29 is 22.4 Å². The number of hydrogen-bond donors (Lipinski definition) is 1. The van der Waals surface area contributed by atoms with Gasteiger partial charge >= 0.3 is 0 Å². The molecule has 0 fully saturated rings. The van der Waals surface area contributed by atoms with Gasteiger partial charge in [-0.25, -0.2) is 12.8 Å². The average molecular weight is 595 g/mol. The topological polar surface area (TPSA) is 86.8 Å². The molecule has 0 unspecified atom stereocenters. The van der Waals surface area contributed by atoms with E-state index in [2.05, 4.69) is 5.32 Å². The fourth-order valence-electron chi connectivity index (χ4n) is 3.75. The van der Waals surface area contributed by atoms with Crippen LogP contribution in [0.25, 0.3) is 0 Å². The molecule has 0 bridgehead atoms. The van der Waals surface area contributed by atoms with Gasteiger partial charge in [-0.15, -0.1) is 0 Å². The molecule has 0 saturated carbocycles. The number of hydrogen-bond acceptors (Lipinski definition) is 4. The zero-order valence-electron chi connectivity index (χ0n) is 21.8. The molecule has 0 aliphatic carbocycles. The average Bonchev–Trinajstić information content (AvgIpc) is 2.89. The first-order valence-electron chi connectivity index (χ1n) is 12.2. The normalized spacial score (nSPS) is 12.2.